The summed E-state index contributed by atoms with van der Waals surface area (Å²) in [5.41, 5.74) is 3.34. The van der Waals surface area contributed by atoms with E-state index in [2.05, 4.69) is 36.6 Å². The summed E-state index contributed by atoms with van der Waals surface area (Å²) < 4.78 is 0. The van der Waals surface area contributed by atoms with Crippen molar-refractivity contribution in [3.63, 3.8) is 0 Å². The molecule has 1 aromatic rings. The van der Waals surface area contributed by atoms with E-state index in [4.69, 9.17) is 0 Å². The van der Waals surface area contributed by atoms with Crippen molar-refractivity contribution in [3.8, 4) is 0 Å². The number of carbonyl (C=O) groups excluding carboxylic acids is 3. The van der Waals surface area contributed by atoms with Crippen LogP contribution in [-0.4, -0.2) is 35.0 Å². The lowest BCUT2D eigenvalue weighted by Gasteiger charge is -2.34. The molecule has 7 nitrogen and oxygen atoms in total. The lowest BCUT2D eigenvalue weighted by Crippen LogP contribution is -2.44. The third-order valence-corrected chi connectivity index (χ3v) is 8.10. The topological polar surface area (TPSA) is 90.9 Å². The van der Waals surface area contributed by atoms with Crippen LogP contribution in [0.4, 0.5) is 4.79 Å². The van der Waals surface area contributed by atoms with E-state index in [1.54, 1.807) is 0 Å². The second kappa shape index (κ2) is 6.93. The van der Waals surface area contributed by atoms with E-state index < -0.39 is 23.4 Å². The molecule has 3 fully saturated rings. The van der Waals surface area contributed by atoms with Crippen LogP contribution in [0.2, 0.25) is 0 Å². The molecule has 2 bridgehead atoms. The Morgan fingerprint density at radius 3 is 2.50 bits per heavy atom. The number of hydrogen-bond acceptors (Lipinski definition) is 4. The number of nitrogens with one attached hydrogen (secondary N) is 2. The van der Waals surface area contributed by atoms with Gasteiger partial charge in [-0.2, -0.15) is 5.10 Å². The molecular formula is C23H30N4O3. The van der Waals surface area contributed by atoms with Crippen LogP contribution in [0, 0.1) is 16.7 Å². The van der Waals surface area contributed by atoms with Crippen LogP contribution in [0.15, 0.2) is 35.4 Å². The standard InChI is InChI=1S/C23H30N4O3/c1-5-23(15-9-7-6-8-10-15)19(29)27(20(30)24-23)14-18(28)26-25-17-13-16-11-12-22(17,4)21(16,2)3/h6-10,16H,5,11-14H2,1-4H3,(H,24,30)(H,26,28). The highest BCUT2D eigenvalue weighted by molar-refractivity contribution is 6.09. The van der Waals surface area contributed by atoms with Crippen molar-refractivity contribution >= 4 is 23.6 Å². The number of carbonyl (C=O) groups is 3. The molecule has 7 heteroatoms. The van der Waals surface area contributed by atoms with E-state index in [1.807, 2.05) is 37.3 Å². The van der Waals surface area contributed by atoms with Crippen molar-refractivity contribution in [2.75, 3.05) is 6.54 Å². The summed E-state index contributed by atoms with van der Waals surface area (Å²) in [6.45, 7) is 8.27. The zero-order chi connectivity index (χ0) is 21.7. The maximum atomic E-state index is 13.1. The van der Waals surface area contributed by atoms with Gasteiger partial charge >= 0.3 is 6.03 Å². The van der Waals surface area contributed by atoms with E-state index in [0.29, 0.717) is 17.9 Å². The van der Waals surface area contributed by atoms with Gasteiger partial charge in [-0.15, -0.1) is 0 Å². The van der Waals surface area contributed by atoms with Crippen LogP contribution in [0.1, 0.15) is 58.9 Å². The Labute approximate surface area is 177 Å². The minimum absolute atomic E-state index is 0.0174. The molecule has 4 amide bonds. The highest BCUT2D eigenvalue weighted by Gasteiger charge is 2.60. The Kier molecular flexibility index (Phi) is 4.75. The molecule has 3 unspecified atom stereocenters. The van der Waals surface area contributed by atoms with Crippen molar-refractivity contribution in [1.29, 1.82) is 0 Å². The van der Waals surface area contributed by atoms with Gasteiger partial charge in [0.15, 0.2) is 0 Å². The van der Waals surface area contributed by atoms with Crippen LogP contribution < -0.4 is 10.7 Å². The second-order valence-corrected chi connectivity index (χ2v) is 9.53. The second-order valence-electron chi connectivity index (χ2n) is 9.53. The number of imide groups is 1. The molecule has 2 saturated carbocycles. The molecule has 1 heterocycles. The van der Waals surface area contributed by atoms with Crippen molar-refractivity contribution in [1.82, 2.24) is 15.6 Å². The molecule has 2 N–H and O–H groups in total. The first-order valence-electron chi connectivity index (χ1n) is 10.7. The van der Waals surface area contributed by atoms with Gasteiger partial charge in [0.2, 0.25) is 0 Å². The van der Waals surface area contributed by atoms with Crippen molar-refractivity contribution < 1.29 is 14.4 Å². The average molecular weight is 411 g/mol. The number of nitrogens with zero attached hydrogens (tertiary/aromatic N) is 2. The Balaban J connectivity index is 1.47. The quantitative estimate of drug-likeness (QED) is 0.577. The maximum absolute atomic E-state index is 13.1. The van der Waals surface area contributed by atoms with Crippen molar-refractivity contribution in [2.24, 2.45) is 21.8 Å². The minimum atomic E-state index is -1.13. The molecule has 3 aliphatic rings. The van der Waals surface area contributed by atoms with Crippen LogP contribution in [-0.2, 0) is 15.1 Å². The maximum Gasteiger partial charge on any atom is 0.325 e. The normalized spacial score (nSPS) is 33.3. The number of benzene rings is 1. The van der Waals surface area contributed by atoms with Gasteiger partial charge in [0.25, 0.3) is 11.8 Å². The summed E-state index contributed by atoms with van der Waals surface area (Å²) in [4.78, 5) is 39.2. The number of fused-ring (bicyclic) bond motifs is 2. The molecule has 0 spiro atoms. The molecule has 1 aromatic carbocycles. The minimum Gasteiger partial charge on any atom is -0.319 e. The zero-order valence-corrected chi connectivity index (χ0v) is 18.1. The Morgan fingerprint density at radius 1 is 1.23 bits per heavy atom. The molecule has 0 aromatic heterocycles. The average Bonchev–Trinajstić information content (AvgIpc) is 3.19. The first-order chi connectivity index (χ1) is 14.2. The van der Waals surface area contributed by atoms with Crippen LogP contribution in [0.25, 0.3) is 0 Å². The highest BCUT2D eigenvalue weighted by Crippen LogP contribution is 2.63. The van der Waals surface area contributed by atoms with Gasteiger partial charge in [-0.1, -0.05) is 58.0 Å². The van der Waals surface area contributed by atoms with Gasteiger partial charge in [0.05, 0.1) is 0 Å². The summed E-state index contributed by atoms with van der Waals surface area (Å²) in [7, 11) is 0. The Bertz CT molecular complexity index is 926. The Hall–Kier alpha value is -2.70. The first-order valence-corrected chi connectivity index (χ1v) is 10.7. The lowest BCUT2D eigenvalue weighted by molar-refractivity contribution is -0.135. The van der Waals surface area contributed by atoms with Crippen molar-refractivity contribution in [3.05, 3.63) is 35.9 Å². The first kappa shape index (κ1) is 20.6. The number of rotatable bonds is 5. The smallest absolute Gasteiger partial charge is 0.319 e. The van der Waals surface area contributed by atoms with E-state index >= 15 is 0 Å². The molecule has 3 atom stereocenters. The summed E-state index contributed by atoms with van der Waals surface area (Å²) in [6.07, 6.45) is 3.55. The fourth-order valence-corrected chi connectivity index (χ4v) is 5.54. The van der Waals surface area contributed by atoms with Gasteiger partial charge in [-0.05, 0) is 42.6 Å². The van der Waals surface area contributed by atoms with E-state index in [-0.39, 0.29) is 17.4 Å². The van der Waals surface area contributed by atoms with E-state index in [0.717, 1.165) is 23.5 Å². The molecule has 1 aliphatic heterocycles. The molecular weight excluding hydrogens is 380 g/mol. The third kappa shape index (κ3) is 2.78. The van der Waals surface area contributed by atoms with Gasteiger partial charge in [-0.25, -0.2) is 10.2 Å². The molecule has 1 saturated heterocycles. The van der Waals surface area contributed by atoms with E-state index in [9.17, 15) is 14.4 Å². The predicted octanol–water partition coefficient (Wildman–Crippen LogP) is 3.16. The van der Waals surface area contributed by atoms with Crippen LogP contribution >= 0.6 is 0 Å². The fraction of sp³-hybridized carbons (Fsp3) is 0.565. The van der Waals surface area contributed by atoms with Crippen LogP contribution in [0.3, 0.4) is 0 Å². The molecule has 0 radical (unpaired) electrons. The Morgan fingerprint density at radius 2 is 1.93 bits per heavy atom. The highest BCUT2D eigenvalue weighted by atomic mass is 16.2. The lowest BCUT2D eigenvalue weighted by atomic mass is 9.70. The van der Waals surface area contributed by atoms with Gasteiger partial charge < -0.3 is 5.32 Å². The molecule has 160 valence electrons. The van der Waals surface area contributed by atoms with Gasteiger partial charge in [0, 0.05) is 11.1 Å². The molecule has 2 aliphatic carbocycles. The molecule has 4 rings (SSSR count). The summed E-state index contributed by atoms with van der Waals surface area (Å²) in [5.74, 6) is -0.285. The summed E-state index contributed by atoms with van der Waals surface area (Å²) >= 11 is 0. The van der Waals surface area contributed by atoms with Gasteiger partial charge in [0.1, 0.15) is 12.1 Å². The fourth-order valence-electron chi connectivity index (χ4n) is 5.54. The zero-order valence-electron chi connectivity index (χ0n) is 18.1. The monoisotopic (exact) mass is 410 g/mol. The predicted molar refractivity (Wildman–Crippen MR) is 113 cm³/mol. The third-order valence-electron chi connectivity index (χ3n) is 8.10. The number of hydrogen-bond donors (Lipinski definition) is 2. The van der Waals surface area contributed by atoms with Gasteiger partial charge in [-0.3, -0.25) is 14.5 Å². The number of amides is 4. The number of urea groups is 1. The summed E-state index contributed by atoms with van der Waals surface area (Å²) in [6, 6.07) is 8.59. The SMILES string of the molecule is CCC1(c2ccccc2)NC(=O)N(CC(=O)NN=C2CC3CCC2(C)C3(C)C)C1=O. The summed E-state index contributed by atoms with van der Waals surface area (Å²) in [5, 5.41) is 7.22. The van der Waals surface area contributed by atoms with Crippen molar-refractivity contribution in [2.45, 2.75) is 58.9 Å². The van der Waals surface area contributed by atoms with Crippen LogP contribution in [0.5, 0.6) is 0 Å². The van der Waals surface area contributed by atoms with E-state index in [1.165, 1.54) is 6.42 Å². The number of hydrazone groups is 1. The largest absolute Gasteiger partial charge is 0.325 e. The molecule has 30 heavy (non-hydrogen) atoms.